The normalized spacial score (nSPS) is 13.0. The molecule has 0 saturated heterocycles. The molecule has 1 heterocycles. The highest BCUT2D eigenvalue weighted by Gasteiger charge is 2.07. The van der Waals surface area contributed by atoms with Gasteiger partial charge in [-0.1, -0.05) is 46.6 Å². The zero-order valence-electron chi connectivity index (χ0n) is 41.1. The van der Waals surface area contributed by atoms with Crippen molar-refractivity contribution in [1.82, 2.24) is 47.9 Å². The molecule has 1 aliphatic rings. The van der Waals surface area contributed by atoms with Crippen LogP contribution >= 0.6 is 34.2 Å². The molecule has 1 unspecified atom stereocenters. The summed E-state index contributed by atoms with van der Waals surface area (Å²) >= 11 is 3.99. The summed E-state index contributed by atoms with van der Waals surface area (Å²) in [5.74, 6) is 1.30. The van der Waals surface area contributed by atoms with Gasteiger partial charge in [-0.25, -0.2) is 0 Å². The molecular weight excluding hydrogens is 895 g/mol. The Morgan fingerprint density at radius 3 is 1.42 bits per heavy atom. The fourth-order valence-corrected chi connectivity index (χ4v) is 7.68. The predicted octanol–water partition coefficient (Wildman–Crippen LogP) is 0.483. The van der Waals surface area contributed by atoms with E-state index in [1.807, 2.05) is 18.4 Å². The molecule has 0 spiro atoms. The molecule has 0 aromatic rings. The molecule has 0 aliphatic carbocycles. The lowest BCUT2D eigenvalue weighted by molar-refractivity contribution is -0.123. The lowest BCUT2D eigenvalue weighted by Gasteiger charge is -2.13. The van der Waals surface area contributed by atoms with Crippen LogP contribution < -0.4 is 59.3 Å². The van der Waals surface area contributed by atoms with Gasteiger partial charge in [0.25, 0.3) is 0 Å². The molecule has 0 fully saturated rings. The first-order chi connectivity index (χ1) is 32.9. The Morgan fingerprint density at radius 1 is 0.538 bits per heavy atom. The van der Waals surface area contributed by atoms with Crippen LogP contribution in [0.25, 0.3) is 0 Å². The van der Waals surface area contributed by atoms with Gasteiger partial charge in [-0.2, -0.15) is 12.6 Å². The first-order valence-corrected chi connectivity index (χ1v) is 26.5. The predicted molar refractivity (Wildman–Crippen MR) is 274 cm³/mol. The summed E-state index contributed by atoms with van der Waals surface area (Å²) in [7, 11) is 3.39. The van der Waals surface area contributed by atoms with Crippen molar-refractivity contribution in [3.63, 3.8) is 0 Å². The topological polar surface area (TPSA) is 266 Å². The van der Waals surface area contributed by atoms with Crippen molar-refractivity contribution in [3.05, 3.63) is 24.4 Å². The van der Waals surface area contributed by atoms with Crippen molar-refractivity contribution in [2.75, 3.05) is 156 Å². The molecule has 1 aliphatic heterocycles. The van der Waals surface area contributed by atoms with E-state index in [9.17, 15) is 19.2 Å². The van der Waals surface area contributed by atoms with Crippen LogP contribution in [0.2, 0.25) is 0 Å². The van der Waals surface area contributed by atoms with Crippen LogP contribution in [0.15, 0.2) is 24.4 Å². The minimum absolute atomic E-state index is 0. The summed E-state index contributed by atoms with van der Waals surface area (Å²) in [5, 5.41) is 28.0. The summed E-state index contributed by atoms with van der Waals surface area (Å²) in [6.45, 7) is 14.2. The third kappa shape index (κ3) is 51.1. The molecule has 0 aromatic heterocycles. The quantitative estimate of drug-likeness (QED) is 0.0225. The van der Waals surface area contributed by atoms with Crippen LogP contribution in [0.4, 0.5) is 0 Å². The number of thiol groups is 1. The van der Waals surface area contributed by atoms with E-state index in [0.717, 1.165) is 83.8 Å². The van der Waals surface area contributed by atoms with Gasteiger partial charge in [0.15, 0.2) is 0 Å². The second kappa shape index (κ2) is 52.8. The van der Waals surface area contributed by atoms with Crippen molar-refractivity contribution in [2.24, 2.45) is 11.5 Å². The van der Waals surface area contributed by atoms with E-state index in [1.165, 1.54) is 12.8 Å². The van der Waals surface area contributed by atoms with Crippen LogP contribution in [0.5, 0.6) is 0 Å². The fraction of sp³-hybridized carbons (Fsp3) is 0.814. The van der Waals surface area contributed by atoms with E-state index in [-0.39, 0.29) is 30.4 Å². The monoisotopic (exact) mass is 991 g/mol. The summed E-state index contributed by atoms with van der Waals surface area (Å²) in [6.07, 6.45) is 16.5. The van der Waals surface area contributed by atoms with Crippen molar-refractivity contribution >= 4 is 57.8 Å². The van der Waals surface area contributed by atoms with Gasteiger partial charge in [0.05, 0.1) is 52.9 Å². The number of amides is 4. The van der Waals surface area contributed by atoms with Gasteiger partial charge in [0.2, 0.25) is 23.6 Å². The first-order valence-electron chi connectivity index (χ1n) is 24.5. The molecule has 22 heteroatoms. The summed E-state index contributed by atoms with van der Waals surface area (Å²) in [5.41, 5.74) is 10.8. The Hall–Kier alpha value is -2.19. The Labute approximate surface area is 408 Å². The average molecular weight is 991 g/mol. The lowest BCUT2D eigenvalue weighted by Crippen LogP contribution is -2.32. The Morgan fingerprint density at radius 2 is 0.969 bits per heavy atom. The minimum atomic E-state index is -0.0207. The first kappa shape index (κ1) is 60.8. The highest BCUT2D eigenvalue weighted by molar-refractivity contribution is 8.77. The van der Waals surface area contributed by atoms with Crippen LogP contribution in [-0.4, -0.2) is 185 Å². The SMILES string of the molecule is NCCNCCCCCNCCNC(=O)CCOCCOCCNC(=O)CCS.NCCNCCCCCNCCNC(=O)CCOCCOCCNC(=O)CCSSC1C=CC=CN1.[2H][3H].[3HH]. The third-order valence-corrected chi connectivity index (χ3v) is 11.6. The Balaban J connectivity index is -0.00000121. The lowest BCUT2D eigenvalue weighted by atomic mass is 10.2. The molecule has 19 nitrogen and oxygen atoms in total. The standard InChI is InChI=1S/C24H46N6O4S2.C19H41N5O4S.2H2/c25-9-13-26-10-3-1-4-11-27-14-15-28-22(31)7-17-33-19-20-34-18-16-29-23(32)8-21-35-36-24-6-2-5-12-30-24;20-6-9-21-7-2-1-3-8-22-10-11-23-18(25)4-13-27-15-16-28-14-12-24-19(26)5-17-29;;/h2,5-6,12,24,26-27,30H,1,3-4,7-11,13-21,25H2,(H,28,31)(H,29,32);21-22,29H,1-17,20H2,(H,23,25)(H,24,26);2*1H/i;;1+2D;1+2. The van der Waals surface area contributed by atoms with E-state index in [2.05, 4.69) is 66.6 Å². The molecular formula is C43H91N11O8S3. The molecule has 4 amide bonds. The van der Waals surface area contributed by atoms with Gasteiger partial charge >= 0.3 is 0 Å². The maximum absolute atomic E-state index is 11.8. The summed E-state index contributed by atoms with van der Waals surface area (Å²) in [6, 6.07) is 0. The maximum atomic E-state index is 11.8. The van der Waals surface area contributed by atoms with Crippen molar-refractivity contribution < 1.29 is 42.5 Å². The number of carbonyl (C=O) groups excluding carboxylic acids is 4. The van der Waals surface area contributed by atoms with Gasteiger partial charge in [-0.3, -0.25) is 19.2 Å². The minimum Gasteiger partial charge on any atom is -0.379 e. The molecule has 0 aromatic carbocycles. The smallest absolute Gasteiger partial charge is 0.222 e. The van der Waals surface area contributed by atoms with Crippen LogP contribution in [0, 0.1) is 0 Å². The molecule has 384 valence electrons. The van der Waals surface area contributed by atoms with Gasteiger partial charge in [-0.15, -0.1) is 0 Å². The van der Waals surface area contributed by atoms with E-state index in [0.29, 0.717) is 124 Å². The van der Waals surface area contributed by atoms with E-state index >= 15 is 0 Å². The number of hydrogen-bond acceptors (Lipinski definition) is 18. The number of ether oxygens (including phenoxy) is 4. The number of nitrogens with one attached hydrogen (secondary N) is 9. The van der Waals surface area contributed by atoms with Gasteiger partial charge in [0, 0.05) is 101 Å². The molecule has 13 N–H and O–H groups in total. The van der Waals surface area contributed by atoms with Gasteiger partial charge in [-0.05, 0) is 69.9 Å². The Kier molecular flexibility index (Phi) is 49.4. The number of dihydropyridines is 1. The van der Waals surface area contributed by atoms with Gasteiger partial charge in [0.1, 0.15) is 5.37 Å². The number of allylic oxidation sites excluding steroid dienone is 2. The molecule has 0 bridgehead atoms. The van der Waals surface area contributed by atoms with Crippen molar-refractivity contribution in [3.8, 4) is 0 Å². The van der Waals surface area contributed by atoms with Crippen molar-refractivity contribution in [2.45, 2.75) is 69.6 Å². The van der Waals surface area contributed by atoms with Crippen LogP contribution in [0.3, 0.4) is 0 Å². The van der Waals surface area contributed by atoms with Crippen molar-refractivity contribution in [1.29, 1.82) is 0 Å². The molecule has 65 heavy (non-hydrogen) atoms. The molecule has 0 radical (unpaired) electrons. The number of unbranched alkanes of at least 4 members (excludes halogenated alkanes) is 4. The largest absolute Gasteiger partial charge is 0.379 e. The highest BCUT2D eigenvalue weighted by Crippen LogP contribution is 2.27. The van der Waals surface area contributed by atoms with Crippen LogP contribution in [-0.2, 0) is 38.1 Å². The van der Waals surface area contributed by atoms with Crippen LogP contribution in [0.1, 0.15) is 68.6 Å². The second-order valence-electron chi connectivity index (χ2n) is 14.5. The van der Waals surface area contributed by atoms with E-state index in [4.69, 9.17) is 33.4 Å². The van der Waals surface area contributed by atoms with E-state index in [1.54, 1.807) is 21.6 Å². The number of rotatable bonds is 47. The fourth-order valence-electron chi connectivity index (χ4n) is 5.33. The molecule has 1 atom stereocenters. The summed E-state index contributed by atoms with van der Waals surface area (Å²) < 4.78 is 31.6. The average Bonchev–Trinajstić information content (AvgIpc) is 3.34. The molecule has 0 saturated carbocycles. The molecule has 1 rings (SSSR count). The highest BCUT2D eigenvalue weighted by atomic mass is 33.1. The Bertz CT molecular complexity index is 1190. The number of carbonyl (C=O) groups is 4. The zero-order chi connectivity index (χ0) is 49.4. The third-order valence-electron chi connectivity index (χ3n) is 8.81. The number of hydrogen-bond donors (Lipinski definition) is 12. The van der Waals surface area contributed by atoms with Gasteiger partial charge < -0.3 is 78.3 Å². The summed E-state index contributed by atoms with van der Waals surface area (Å²) in [4.78, 5) is 46.5. The number of nitrogens with two attached hydrogens (primary N) is 2. The second-order valence-corrected chi connectivity index (χ2v) is 17.6. The zero-order valence-corrected chi connectivity index (χ0v) is 41.6. The maximum Gasteiger partial charge on any atom is 0.222 e. The van der Waals surface area contributed by atoms with E-state index < -0.39 is 0 Å².